The fourth-order valence-corrected chi connectivity index (χ4v) is 2.27. The number of benzene rings is 2. The molecule has 25 heavy (non-hydrogen) atoms. The predicted octanol–water partition coefficient (Wildman–Crippen LogP) is 4.46. The molecule has 6 heteroatoms. The molecule has 0 spiro atoms. The highest BCUT2D eigenvalue weighted by Gasteiger charge is 2.04. The van der Waals surface area contributed by atoms with Crippen LogP contribution in [0.4, 0.5) is 5.69 Å². The molecule has 4 N–H and O–H groups in total. The summed E-state index contributed by atoms with van der Waals surface area (Å²) in [6.07, 6.45) is 0. The van der Waals surface area contributed by atoms with E-state index in [0.29, 0.717) is 30.8 Å². The van der Waals surface area contributed by atoms with Gasteiger partial charge in [-0.15, -0.1) is 24.0 Å². The van der Waals surface area contributed by atoms with Crippen molar-refractivity contribution in [3.05, 3.63) is 53.6 Å². The molecule has 2 aromatic carbocycles. The van der Waals surface area contributed by atoms with Crippen molar-refractivity contribution in [1.29, 1.82) is 0 Å². The maximum atomic E-state index is 9.71. The van der Waals surface area contributed by atoms with Crippen LogP contribution in [0.25, 0.3) is 0 Å². The SMILES string of the molecule is CCOc1cc(CN=C(N)Nc2cccc(C(C)C)c2)ccc1O.I. The zero-order valence-corrected chi connectivity index (χ0v) is 17.2. The number of halogens is 1. The number of aliphatic imine (C=N–C) groups is 1. The molecule has 136 valence electrons. The standard InChI is InChI=1S/C19H25N3O2.HI/c1-4-24-18-10-14(8-9-17(18)23)12-21-19(20)22-16-7-5-6-15(11-16)13(2)3;/h5-11,13,23H,4,12H2,1-3H3,(H3,20,21,22);1H. The second-order valence-electron chi connectivity index (χ2n) is 5.84. The fourth-order valence-electron chi connectivity index (χ4n) is 2.27. The van der Waals surface area contributed by atoms with Gasteiger partial charge in [0.05, 0.1) is 13.2 Å². The van der Waals surface area contributed by atoms with Gasteiger partial charge in [0.2, 0.25) is 0 Å². The number of nitrogens with one attached hydrogen (secondary N) is 1. The van der Waals surface area contributed by atoms with Gasteiger partial charge in [0, 0.05) is 5.69 Å². The van der Waals surface area contributed by atoms with Crippen molar-refractivity contribution >= 4 is 35.6 Å². The molecule has 0 aliphatic rings. The van der Waals surface area contributed by atoms with Crippen LogP contribution in [0.15, 0.2) is 47.5 Å². The molecule has 0 fully saturated rings. The zero-order valence-electron chi connectivity index (χ0n) is 14.8. The monoisotopic (exact) mass is 455 g/mol. The summed E-state index contributed by atoms with van der Waals surface area (Å²) in [5.74, 6) is 1.39. The van der Waals surface area contributed by atoms with Gasteiger partial charge in [-0.25, -0.2) is 4.99 Å². The van der Waals surface area contributed by atoms with E-state index in [9.17, 15) is 5.11 Å². The summed E-state index contributed by atoms with van der Waals surface area (Å²) in [6.45, 7) is 7.07. The molecule has 0 aliphatic heterocycles. The number of ether oxygens (including phenoxy) is 1. The molecule has 0 bridgehead atoms. The third kappa shape index (κ3) is 6.45. The van der Waals surface area contributed by atoms with Gasteiger partial charge >= 0.3 is 0 Å². The second-order valence-corrected chi connectivity index (χ2v) is 5.84. The summed E-state index contributed by atoms with van der Waals surface area (Å²) in [6, 6.07) is 13.3. The lowest BCUT2D eigenvalue weighted by molar-refractivity contribution is 0.318. The molecule has 5 nitrogen and oxygen atoms in total. The largest absolute Gasteiger partial charge is 0.504 e. The van der Waals surface area contributed by atoms with Crippen molar-refractivity contribution in [1.82, 2.24) is 0 Å². The minimum Gasteiger partial charge on any atom is -0.504 e. The minimum absolute atomic E-state index is 0. The molecule has 0 radical (unpaired) electrons. The molecule has 0 aliphatic carbocycles. The van der Waals surface area contributed by atoms with Crippen molar-refractivity contribution in [3.8, 4) is 11.5 Å². The predicted molar refractivity (Wildman–Crippen MR) is 114 cm³/mol. The van der Waals surface area contributed by atoms with E-state index in [4.69, 9.17) is 10.5 Å². The lowest BCUT2D eigenvalue weighted by Crippen LogP contribution is -2.22. The van der Waals surface area contributed by atoms with Crippen LogP contribution in [0.3, 0.4) is 0 Å². The number of nitrogens with two attached hydrogens (primary N) is 1. The van der Waals surface area contributed by atoms with Crippen molar-refractivity contribution in [2.45, 2.75) is 33.2 Å². The van der Waals surface area contributed by atoms with E-state index in [0.717, 1.165) is 11.3 Å². The molecule has 0 heterocycles. The van der Waals surface area contributed by atoms with Gasteiger partial charge in [0.15, 0.2) is 17.5 Å². The summed E-state index contributed by atoms with van der Waals surface area (Å²) >= 11 is 0. The van der Waals surface area contributed by atoms with Crippen molar-refractivity contribution in [2.24, 2.45) is 10.7 Å². The van der Waals surface area contributed by atoms with E-state index in [2.05, 4.69) is 36.3 Å². The summed E-state index contributed by atoms with van der Waals surface area (Å²) in [5, 5.41) is 12.8. The first-order valence-corrected chi connectivity index (χ1v) is 8.11. The van der Waals surface area contributed by atoms with E-state index in [1.165, 1.54) is 5.56 Å². The van der Waals surface area contributed by atoms with Gasteiger partial charge in [-0.2, -0.15) is 0 Å². The Kier molecular flexibility index (Phi) is 8.54. The van der Waals surface area contributed by atoms with Gasteiger partial charge in [0.1, 0.15) is 0 Å². The van der Waals surface area contributed by atoms with Crippen molar-refractivity contribution in [2.75, 3.05) is 11.9 Å². The van der Waals surface area contributed by atoms with Crippen LogP contribution >= 0.6 is 24.0 Å². The number of phenolic OH excluding ortho intramolecular Hbond substituents is 1. The van der Waals surface area contributed by atoms with Crippen LogP contribution in [0.1, 0.15) is 37.8 Å². The first-order chi connectivity index (χ1) is 11.5. The molecule has 0 saturated carbocycles. The molecule has 0 amide bonds. The van der Waals surface area contributed by atoms with Gasteiger partial charge in [-0.1, -0.05) is 32.0 Å². The average Bonchev–Trinajstić information content (AvgIpc) is 2.56. The molecular formula is C19H26IN3O2. The van der Waals surface area contributed by atoms with Crippen LogP contribution in [0, 0.1) is 0 Å². The van der Waals surface area contributed by atoms with Gasteiger partial charge in [-0.3, -0.25) is 0 Å². The van der Waals surface area contributed by atoms with Crippen LogP contribution in [-0.2, 0) is 6.54 Å². The topological polar surface area (TPSA) is 79.9 Å². The lowest BCUT2D eigenvalue weighted by atomic mass is 10.0. The highest BCUT2D eigenvalue weighted by atomic mass is 127. The Morgan fingerprint density at radius 3 is 2.68 bits per heavy atom. The Balaban J connectivity index is 0.00000312. The molecule has 0 unspecified atom stereocenters. The number of aromatic hydroxyl groups is 1. The van der Waals surface area contributed by atoms with E-state index >= 15 is 0 Å². The minimum atomic E-state index is 0. The van der Waals surface area contributed by atoms with E-state index < -0.39 is 0 Å². The third-order valence-corrected chi connectivity index (χ3v) is 3.58. The van der Waals surface area contributed by atoms with Gasteiger partial charge < -0.3 is 20.9 Å². The number of rotatable bonds is 6. The fraction of sp³-hybridized carbons (Fsp3) is 0.316. The second kappa shape index (κ2) is 10.1. The lowest BCUT2D eigenvalue weighted by Gasteiger charge is -2.10. The smallest absolute Gasteiger partial charge is 0.193 e. The molecule has 2 aromatic rings. The first-order valence-electron chi connectivity index (χ1n) is 8.11. The summed E-state index contributed by atoms with van der Waals surface area (Å²) in [4.78, 5) is 4.34. The van der Waals surface area contributed by atoms with Gasteiger partial charge in [-0.05, 0) is 48.2 Å². The highest BCUT2D eigenvalue weighted by molar-refractivity contribution is 14.0. The van der Waals surface area contributed by atoms with E-state index in [-0.39, 0.29) is 29.7 Å². The Hall–Kier alpha value is -1.96. The molecule has 0 atom stereocenters. The number of phenols is 1. The third-order valence-electron chi connectivity index (χ3n) is 3.58. The Labute approximate surface area is 166 Å². The number of hydrogen-bond donors (Lipinski definition) is 3. The quantitative estimate of drug-likeness (QED) is 0.342. The normalized spacial score (nSPS) is 11.1. The molecule has 0 aromatic heterocycles. The Morgan fingerprint density at radius 2 is 2.00 bits per heavy atom. The number of guanidine groups is 1. The van der Waals surface area contributed by atoms with Crippen LogP contribution in [0.5, 0.6) is 11.5 Å². The highest BCUT2D eigenvalue weighted by Crippen LogP contribution is 2.27. The summed E-state index contributed by atoms with van der Waals surface area (Å²) in [7, 11) is 0. The Bertz CT molecular complexity index is 718. The van der Waals surface area contributed by atoms with Crippen LogP contribution < -0.4 is 15.8 Å². The maximum Gasteiger partial charge on any atom is 0.193 e. The molecular weight excluding hydrogens is 429 g/mol. The summed E-state index contributed by atoms with van der Waals surface area (Å²) < 4.78 is 5.37. The van der Waals surface area contributed by atoms with Crippen molar-refractivity contribution < 1.29 is 9.84 Å². The summed E-state index contributed by atoms with van der Waals surface area (Å²) in [5.41, 5.74) is 9.04. The number of hydrogen-bond acceptors (Lipinski definition) is 3. The first kappa shape index (κ1) is 21.1. The number of anilines is 1. The van der Waals surface area contributed by atoms with Crippen LogP contribution in [-0.4, -0.2) is 17.7 Å². The molecule has 2 rings (SSSR count). The van der Waals surface area contributed by atoms with E-state index in [1.807, 2.05) is 19.1 Å². The zero-order chi connectivity index (χ0) is 17.5. The average molecular weight is 455 g/mol. The number of nitrogens with zero attached hydrogens (tertiary/aromatic N) is 1. The molecule has 0 saturated heterocycles. The van der Waals surface area contributed by atoms with Crippen LogP contribution in [0.2, 0.25) is 0 Å². The Morgan fingerprint density at radius 1 is 1.24 bits per heavy atom. The van der Waals surface area contributed by atoms with Gasteiger partial charge in [0.25, 0.3) is 0 Å². The van der Waals surface area contributed by atoms with E-state index in [1.54, 1.807) is 18.2 Å². The maximum absolute atomic E-state index is 9.71. The van der Waals surface area contributed by atoms with Crippen molar-refractivity contribution in [3.63, 3.8) is 0 Å².